The first-order valence-electron chi connectivity index (χ1n) is 8.09. The largest absolute Gasteiger partial charge is 0.495 e. The third-order valence-electron chi connectivity index (χ3n) is 3.86. The van der Waals surface area contributed by atoms with Crippen LogP contribution >= 0.6 is 11.6 Å². The van der Waals surface area contributed by atoms with Crippen LogP contribution in [0.4, 0.5) is 5.69 Å². The number of aryl methyl sites for hydroxylation is 2. The summed E-state index contributed by atoms with van der Waals surface area (Å²) in [5.74, 6) is 1.34. The van der Waals surface area contributed by atoms with Crippen molar-refractivity contribution in [2.75, 3.05) is 12.4 Å². The van der Waals surface area contributed by atoms with E-state index in [4.69, 9.17) is 20.9 Å². The van der Waals surface area contributed by atoms with Gasteiger partial charge in [0.15, 0.2) is 0 Å². The van der Waals surface area contributed by atoms with Crippen molar-refractivity contribution in [1.29, 1.82) is 0 Å². The number of rotatable bonds is 6. The zero-order valence-corrected chi connectivity index (χ0v) is 15.2. The van der Waals surface area contributed by atoms with E-state index in [2.05, 4.69) is 15.5 Å². The predicted octanol–water partition coefficient (Wildman–Crippen LogP) is 4.28. The van der Waals surface area contributed by atoms with Gasteiger partial charge in [0, 0.05) is 24.1 Å². The van der Waals surface area contributed by atoms with E-state index in [0.717, 1.165) is 11.1 Å². The topological polar surface area (TPSA) is 77.2 Å². The fourth-order valence-corrected chi connectivity index (χ4v) is 2.74. The molecule has 1 aromatic heterocycles. The zero-order valence-electron chi connectivity index (χ0n) is 14.5. The molecule has 0 aliphatic heterocycles. The molecule has 3 aromatic rings. The third-order valence-corrected chi connectivity index (χ3v) is 4.15. The first kappa shape index (κ1) is 17.9. The maximum absolute atomic E-state index is 12.1. The second-order valence-corrected chi connectivity index (χ2v) is 6.13. The van der Waals surface area contributed by atoms with Gasteiger partial charge in [-0.15, -0.1) is 0 Å². The quantitative estimate of drug-likeness (QED) is 0.699. The Morgan fingerprint density at radius 1 is 1.27 bits per heavy atom. The summed E-state index contributed by atoms with van der Waals surface area (Å²) in [6.07, 6.45) is 0.577. The number of methoxy groups -OCH3 is 1. The number of nitrogens with one attached hydrogen (secondary N) is 1. The normalized spacial score (nSPS) is 10.6. The smallest absolute Gasteiger partial charge is 0.227 e. The number of amides is 1. The molecule has 1 N–H and O–H groups in total. The summed E-state index contributed by atoms with van der Waals surface area (Å²) in [7, 11) is 1.54. The number of carbonyl (C=O) groups is 1. The van der Waals surface area contributed by atoms with E-state index >= 15 is 0 Å². The molecular formula is C19H18ClN3O3. The van der Waals surface area contributed by atoms with Gasteiger partial charge in [0.1, 0.15) is 5.75 Å². The maximum Gasteiger partial charge on any atom is 0.227 e. The molecule has 0 spiro atoms. The number of nitrogens with zero attached hydrogens (tertiary/aromatic N) is 2. The number of hydrogen-bond acceptors (Lipinski definition) is 5. The second-order valence-electron chi connectivity index (χ2n) is 5.72. The molecule has 26 heavy (non-hydrogen) atoms. The van der Waals surface area contributed by atoms with Crippen molar-refractivity contribution in [3.8, 4) is 17.1 Å². The molecule has 0 radical (unpaired) electrons. The van der Waals surface area contributed by atoms with Crippen LogP contribution in [0.2, 0.25) is 5.02 Å². The van der Waals surface area contributed by atoms with Crippen LogP contribution in [-0.4, -0.2) is 23.2 Å². The van der Waals surface area contributed by atoms with Gasteiger partial charge in [-0.05, 0) is 30.7 Å². The fourth-order valence-electron chi connectivity index (χ4n) is 2.48. The van der Waals surface area contributed by atoms with E-state index in [1.165, 1.54) is 7.11 Å². The minimum Gasteiger partial charge on any atom is -0.495 e. The average molecular weight is 372 g/mol. The van der Waals surface area contributed by atoms with E-state index in [1.807, 2.05) is 31.2 Å². The molecule has 0 unspecified atom stereocenters. The minimum absolute atomic E-state index is 0.165. The predicted molar refractivity (Wildman–Crippen MR) is 99.4 cm³/mol. The van der Waals surface area contributed by atoms with Gasteiger partial charge in [0.25, 0.3) is 0 Å². The van der Waals surface area contributed by atoms with Gasteiger partial charge in [0.05, 0.1) is 12.1 Å². The lowest BCUT2D eigenvalue weighted by atomic mass is 10.1. The summed E-state index contributed by atoms with van der Waals surface area (Å²) in [6, 6.07) is 12.9. The van der Waals surface area contributed by atoms with Crippen molar-refractivity contribution in [2.24, 2.45) is 0 Å². The molecule has 3 rings (SSSR count). The molecule has 1 heterocycles. The number of ether oxygens (including phenoxy) is 1. The van der Waals surface area contributed by atoms with Crippen molar-refractivity contribution < 1.29 is 14.1 Å². The summed E-state index contributed by atoms with van der Waals surface area (Å²) in [5.41, 5.74) is 2.58. The van der Waals surface area contributed by atoms with Crippen LogP contribution < -0.4 is 10.1 Å². The molecule has 6 nitrogen and oxygen atoms in total. The van der Waals surface area contributed by atoms with E-state index in [9.17, 15) is 4.79 Å². The molecule has 0 aliphatic carbocycles. The van der Waals surface area contributed by atoms with Crippen molar-refractivity contribution in [3.05, 3.63) is 58.9 Å². The third kappa shape index (κ3) is 4.21. The van der Waals surface area contributed by atoms with Crippen LogP contribution in [-0.2, 0) is 11.2 Å². The standard InChI is InChI=1S/C19H18ClN3O3/c1-12-5-3-4-6-14(12)19-22-18(26-23-19)10-9-17(24)21-13-7-8-16(25-2)15(20)11-13/h3-8,11H,9-10H2,1-2H3,(H,21,24). The Bertz CT molecular complexity index is 924. The van der Waals surface area contributed by atoms with Crippen molar-refractivity contribution in [2.45, 2.75) is 19.8 Å². The van der Waals surface area contributed by atoms with Gasteiger partial charge >= 0.3 is 0 Å². The van der Waals surface area contributed by atoms with Crippen LogP contribution in [0.25, 0.3) is 11.4 Å². The highest BCUT2D eigenvalue weighted by Gasteiger charge is 2.12. The molecule has 0 fully saturated rings. The fraction of sp³-hybridized carbons (Fsp3) is 0.211. The van der Waals surface area contributed by atoms with Gasteiger partial charge < -0.3 is 14.6 Å². The SMILES string of the molecule is COc1ccc(NC(=O)CCc2nc(-c3ccccc3C)no2)cc1Cl. The zero-order chi connectivity index (χ0) is 18.5. The molecule has 0 saturated carbocycles. The van der Waals surface area contributed by atoms with Gasteiger partial charge in [-0.3, -0.25) is 4.79 Å². The highest BCUT2D eigenvalue weighted by molar-refractivity contribution is 6.32. The van der Waals surface area contributed by atoms with Crippen LogP contribution in [0, 0.1) is 6.92 Å². The maximum atomic E-state index is 12.1. The number of hydrogen-bond donors (Lipinski definition) is 1. The Morgan fingerprint density at radius 3 is 2.81 bits per heavy atom. The second kappa shape index (κ2) is 8.01. The molecule has 0 aliphatic rings. The first-order chi connectivity index (χ1) is 12.6. The molecule has 0 atom stereocenters. The Balaban J connectivity index is 1.58. The van der Waals surface area contributed by atoms with Gasteiger partial charge in [-0.25, -0.2) is 0 Å². The molecule has 0 bridgehead atoms. The number of carbonyl (C=O) groups excluding carboxylic acids is 1. The number of anilines is 1. The molecule has 134 valence electrons. The van der Waals surface area contributed by atoms with E-state index in [1.54, 1.807) is 18.2 Å². The molecule has 2 aromatic carbocycles. The molecular weight excluding hydrogens is 354 g/mol. The molecule has 0 saturated heterocycles. The monoisotopic (exact) mass is 371 g/mol. The van der Waals surface area contributed by atoms with Crippen LogP contribution in [0.3, 0.4) is 0 Å². The summed E-state index contributed by atoms with van der Waals surface area (Å²) in [5, 5.41) is 7.21. The molecule has 7 heteroatoms. The number of aromatic nitrogens is 2. The van der Waals surface area contributed by atoms with Crippen LogP contribution in [0.15, 0.2) is 47.0 Å². The summed E-state index contributed by atoms with van der Waals surface area (Å²) < 4.78 is 10.3. The molecule has 1 amide bonds. The van der Waals surface area contributed by atoms with Crippen molar-refractivity contribution >= 4 is 23.2 Å². The van der Waals surface area contributed by atoms with Crippen molar-refractivity contribution in [3.63, 3.8) is 0 Å². The lowest BCUT2D eigenvalue weighted by Crippen LogP contribution is -2.12. The van der Waals surface area contributed by atoms with Gasteiger partial charge in [-0.1, -0.05) is 41.0 Å². The van der Waals surface area contributed by atoms with E-state index < -0.39 is 0 Å². The highest BCUT2D eigenvalue weighted by atomic mass is 35.5. The van der Waals surface area contributed by atoms with Crippen molar-refractivity contribution in [1.82, 2.24) is 10.1 Å². The summed E-state index contributed by atoms with van der Waals surface area (Å²) in [6.45, 7) is 1.98. The van der Waals surface area contributed by atoms with Crippen LogP contribution in [0.1, 0.15) is 17.9 Å². The van der Waals surface area contributed by atoms with Gasteiger partial charge in [0.2, 0.25) is 17.6 Å². The lowest BCUT2D eigenvalue weighted by Gasteiger charge is -2.07. The van der Waals surface area contributed by atoms with E-state index in [-0.39, 0.29) is 12.3 Å². The Hall–Kier alpha value is -2.86. The van der Waals surface area contributed by atoms with Crippen LogP contribution in [0.5, 0.6) is 5.75 Å². The minimum atomic E-state index is -0.165. The number of halogens is 1. The first-order valence-corrected chi connectivity index (χ1v) is 8.46. The van der Waals surface area contributed by atoms with E-state index in [0.29, 0.717) is 34.6 Å². The summed E-state index contributed by atoms with van der Waals surface area (Å²) >= 11 is 6.05. The Morgan fingerprint density at radius 2 is 2.08 bits per heavy atom. The lowest BCUT2D eigenvalue weighted by molar-refractivity contribution is -0.116. The Kier molecular flexibility index (Phi) is 5.53. The van der Waals surface area contributed by atoms with Gasteiger partial charge in [-0.2, -0.15) is 4.98 Å². The summed E-state index contributed by atoms with van der Waals surface area (Å²) in [4.78, 5) is 16.5. The average Bonchev–Trinajstić information content (AvgIpc) is 3.09. The number of benzene rings is 2. The Labute approximate surface area is 156 Å². The highest BCUT2D eigenvalue weighted by Crippen LogP contribution is 2.27.